The lowest BCUT2D eigenvalue weighted by Gasteiger charge is -2.08. The first-order valence-electron chi connectivity index (χ1n) is 5.79. The van der Waals surface area contributed by atoms with E-state index in [0.717, 1.165) is 20.7 Å². The number of aromatic nitrogens is 1. The number of carbonyl (C=O) groups is 1. The van der Waals surface area contributed by atoms with Gasteiger partial charge in [-0.3, -0.25) is 10.1 Å². The first kappa shape index (κ1) is 14.2. The smallest absolute Gasteiger partial charge is 0.231 e. The van der Waals surface area contributed by atoms with Crippen molar-refractivity contribution in [2.24, 2.45) is 5.73 Å². The molecule has 19 heavy (non-hydrogen) atoms. The molecule has 0 bridgehead atoms. The predicted molar refractivity (Wildman–Crippen MR) is 80.9 cm³/mol. The van der Waals surface area contributed by atoms with E-state index in [1.165, 1.54) is 0 Å². The zero-order valence-electron chi connectivity index (χ0n) is 10.4. The third-order valence-electron chi connectivity index (χ3n) is 2.61. The second kappa shape index (κ2) is 6.27. The Morgan fingerprint density at radius 1 is 1.47 bits per heavy atom. The van der Waals surface area contributed by atoms with E-state index in [0.29, 0.717) is 0 Å². The van der Waals surface area contributed by atoms with Crippen molar-refractivity contribution in [1.29, 1.82) is 0 Å². The average molecular weight is 340 g/mol. The van der Waals surface area contributed by atoms with Crippen LogP contribution >= 0.6 is 27.3 Å². The molecule has 0 aliphatic rings. The van der Waals surface area contributed by atoms with Crippen LogP contribution in [0.2, 0.25) is 0 Å². The van der Waals surface area contributed by atoms with E-state index < -0.39 is 0 Å². The van der Waals surface area contributed by atoms with Gasteiger partial charge in [0.25, 0.3) is 0 Å². The summed E-state index contributed by atoms with van der Waals surface area (Å²) < 4.78 is 1.04. The van der Waals surface area contributed by atoms with E-state index in [4.69, 9.17) is 5.73 Å². The number of nitrogens with one attached hydrogen (secondary N) is 1. The fraction of sp³-hybridized carbons (Fsp3) is 0.231. The minimum absolute atomic E-state index is 0.0155. The van der Waals surface area contributed by atoms with Gasteiger partial charge in [-0.1, -0.05) is 28.1 Å². The zero-order valence-corrected chi connectivity index (χ0v) is 12.8. The Bertz CT molecular complexity index is 568. The van der Waals surface area contributed by atoms with Crippen molar-refractivity contribution < 1.29 is 4.79 Å². The molecule has 0 saturated carbocycles. The van der Waals surface area contributed by atoms with Gasteiger partial charge in [-0.05, 0) is 19.1 Å². The van der Waals surface area contributed by atoms with Gasteiger partial charge < -0.3 is 5.73 Å². The van der Waals surface area contributed by atoms with Gasteiger partial charge >= 0.3 is 0 Å². The Labute approximate surface area is 124 Å². The number of rotatable bonds is 5. The van der Waals surface area contributed by atoms with Crippen LogP contribution in [0.3, 0.4) is 0 Å². The van der Waals surface area contributed by atoms with Crippen LogP contribution in [0.5, 0.6) is 0 Å². The summed E-state index contributed by atoms with van der Waals surface area (Å²) in [6.45, 7) is 2.13. The van der Waals surface area contributed by atoms with E-state index in [9.17, 15) is 4.79 Å². The molecule has 0 unspecified atom stereocenters. The van der Waals surface area contributed by atoms with Crippen molar-refractivity contribution in [2.75, 3.05) is 6.54 Å². The second-order valence-electron chi connectivity index (χ2n) is 4.15. The number of nitrogens with zero attached hydrogens (tertiary/aromatic N) is 1. The molecule has 1 amide bonds. The largest absolute Gasteiger partial charge is 0.369 e. The van der Waals surface area contributed by atoms with Crippen LogP contribution in [-0.2, 0) is 4.79 Å². The van der Waals surface area contributed by atoms with E-state index >= 15 is 0 Å². The van der Waals surface area contributed by atoms with Gasteiger partial charge in [0, 0.05) is 15.4 Å². The second-order valence-corrected chi connectivity index (χ2v) is 5.95. The average Bonchev–Trinajstić information content (AvgIpc) is 2.86. The van der Waals surface area contributed by atoms with E-state index in [-0.39, 0.29) is 18.5 Å². The summed E-state index contributed by atoms with van der Waals surface area (Å²) >= 11 is 4.98. The Morgan fingerprint density at radius 3 is 2.79 bits per heavy atom. The molecule has 3 N–H and O–H groups in total. The number of hydrogen-bond acceptors (Lipinski definition) is 4. The molecule has 0 saturated heterocycles. The normalized spacial score (nSPS) is 12.3. The van der Waals surface area contributed by atoms with Gasteiger partial charge in [0.15, 0.2) is 0 Å². The highest BCUT2D eigenvalue weighted by Gasteiger charge is 2.11. The fourth-order valence-electron chi connectivity index (χ4n) is 1.58. The summed E-state index contributed by atoms with van der Waals surface area (Å²) in [5.41, 5.74) is 7.13. The topological polar surface area (TPSA) is 68.0 Å². The lowest BCUT2D eigenvalue weighted by atomic mass is 10.2. The van der Waals surface area contributed by atoms with Crippen LogP contribution in [0.25, 0.3) is 11.3 Å². The van der Waals surface area contributed by atoms with Crippen molar-refractivity contribution in [3.63, 3.8) is 0 Å². The zero-order chi connectivity index (χ0) is 13.8. The van der Waals surface area contributed by atoms with Gasteiger partial charge in [0.2, 0.25) is 5.91 Å². The van der Waals surface area contributed by atoms with Crippen LogP contribution in [0, 0.1) is 0 Å². The van der Waals surface area contributed by atoms with E-state index in [1.807, 2.05) is 36.6 Å². The van der Waals surface area contributed by atoms with Gasteiger partial charge in [-0.15, -0.1) is 11.3 Å². The molecule has 0 spiro atoms. The molecule has 4 nitrogen and oxygen atoms in total. The molecular formula is C13H14BrN3OS. The molecule has 0 aliphatic heterocycles. The summed E-state index contributed by atoms with van der Waals surface area (Å²) in [5, 5.41) is 6.00. The highest BCUT2D eigenvalue weighted by molar-refractivity contribution is 9.10. The minimum atomic E-state index is -0.364. The maximum Gasteiger partial charge on any atom is 0.231 e. The quantitative estimate of drug-likeness (QED) is 0.879. The number of nitrogens with two attached hydrogens (primary N) is 1. The molecule has 2 rings (SSSR count). The number of benzene rings is 1. The summed E-state index contributed by atoms with van der Waals surface area (Å²) in [7, 11) is 0. The lowest BCUT2D eigenvalue weighted by molar-refractivity contribution is -0.117. The van der Waals surface area contributed by atoms with Gasteiger partial charge in [0.05, 0.1) is 18.3 Å². The third kappa shape index (κ3) is 3.86. The van der Waals surface area contributed by atoms with Crippen LogP contribution in [0.15, 0.2) is 34.1 Å². The molecule has 0 aliphatic carbocycles. The van der Waals surface area contributed by atoms with Gasteiger partial charge in [-0.2, -0.15) is 0 Å². The Hall–Kier alpha value is -1.24. The monoisotopic (exact) mass is 339 g/mol. The van der Waals surface area contributed by atoms with Crippen LogP contribution in [0.1, 0.15) is 18.0 Å². The van der Waals surface area contributed by atoms with Crippen LogP contribution in [-0.4, -0.2) is 17.4 Å². The first-order chi connectivity index (χ1) is 9.06. The van der Waals surface area contributed by atoms with Crippen molar-refractivity contribution in [3.8, 4) is 11.3 Å². The highest BCUT2D eigenvalue weighted by atomic mass is 79.9. The lowest BCUT2D eigenvalue weighted by Crippen LogP contribution is -2.30. The minimum Gasteiger partial charge on any atom is -0.369 e. The summed E-state index contributed by atoms with van der Waals surface area (Å²) in [6, 6.07) is 8.03. The molecule has 1 atom stereocenters. The van der Waals surface area contributed by atoms with Crippen molar-refractivity contribution in [2.45, 2.75) is 13.0 Å². The first-order valence-corrected chi connectivity index (χ1v) is 7.46. The van der Waals surface area contributed by atoms with Crippen molar-refractivity contribution in [3.05, 3.63) is 39.1 Å². The third-order valence-corrected chi connectivity index (χ3v) is 4.17. The molecule has 1 aromatic carbocycles. The fourth-order valence-corrected chi connectivity index (χ4v) is 2.70. The number of halogens is 1. The van der Waals surface area contributed by atoms with E-state index in [2.05, 4.69) is 26.2 Å². The van der Waals surface area contributed by atoms with Crippen molar-refractivity contribution in [1.82, 2.24) is 10.3 Å². The summed E-state index contributed by atoms with van der Waals surface area (Å²) in [4.78, 5) is 15.3. The van der Waals surface area contributed by atoms with Gasteiger partial charge in [0.1, 0.15) is 5.01 Å². The number of primary amides is 1. The standard InChI is InChI=1S/C13H14BrN3OS/c1-8(16-6-12(15)18)13-17-11(7-19-13)9-2-4-10(14)5-3-9/h2-5,7-8,16H,6H2,1H3,(H2,15,18)/t8-/m1/s1. The molecular weight excluding hydrogens is 326 g/mol. The Morgan fingerprint density at radius 2 is 2.16 bits per heavy atom. The van der Waals surface area contributed by atoms with Gasteiger partial charge in [-0.25, -0.2) is 4.98 Å². The number of hydrogen-bond donors (Lipinski definition) is 2. The summed E-state index contributed by atoms with van der Waals surface area (Å²) in [5.74, 6) is -0.364. The maximum absolute atomic E-state index is 10.7. The molecule has 0 fully saturated rings. The maximum atomic E-state index is 10.7. The number of carbonyl (C=O) groups excluding carboxylic acids is 1. The van der Waals surface area contributed by atoms with Crippen molar-refractivity contribution >= 4 is 33.2 Å². The number of thiazole rings is 1. The van der Waals surface area contributed by atoms with E-state index in [1.54, 1.807) is 11.3 Å². The number of amides is 1. The molecule has 2 aromatic rings. The predicted octanol–water partition coefficient (Wildman–Crippen LogP) is 2.71. The molecule has 100 valence electrons. The Kier molecular flexibility index (Phi) is 4.68. The Balaban J connectivity index is 2.10. The van der Waals surface area contributed by atoms with Crippen LogP contribution < -0.4 is 11.1 Å². The highest BCUT2D eigenvalue weighted by Crippen LogP contribution is 2.26. The molecule has 1 aromatic heterocycles. The molecule has 6 heteroatoms. The molecule has 1 heterocycles. The van der Waals surface area contributed by atoms with Crippen LogP contribution in [0.4, 0.5) is 0 Å². The SMILES string of the molecule is C[C@@H](NCC(N)=O)c1nc(-c2ccc(Br)cc2)cs1. The summed E-state index contributed by atoms with van der Waals surface area (Å²) in [6.07, 6.45) is 0. The molecule has 0 radical (unpaired) electrons.